The number of nitrogens with zero attached hydrogens (tertiary/aromatic N) is 3. The molecule has 2 aromatic carbocycles. The second-order valence-corrected chi connectivity index (χ2v) is 7.08. The molecular weight excluding hydrogens is 365 g/mol. The molecule has 0 aliphatic heterocycles. The van der Waals surface area contributed by atoms with E-state index >= 15 is 0 Å². The Morgan fingerprint density at radius 2 is 1.59 bits per heavy atom. The van der Waals surface area contributed by atoms with E-state index in [0.717, 1.165) is 33.6 Å². The minimum Gasteiger partial charge on any atom is -0.392 e. The van der Waals surface area contributed by atoms with E-state index in [1.54, 1.807) is 24.5 Å². The number of aliphatic hydroxyl groups excluding tert-OH is 1. The van der Waals surface area contributed by atoms with Gasteiger partial charge in [-0.05, 0) is 53.9 Å². The Morgan fingerprint density at radius 1 is 0.897 bits per heavy atom. The van der Waals surface area contributed by atoms with Crippen molar-refractivity contribution in [1.29, 1.82) is 0 Å². The smallest absolute Gasteiger partial charge is 0.123 e. The quantitative estimate of drug-likeness (QED) is 0.532. The number of rotatable bonds is 6. The van der Waals surface area contributed by atoms with E-state index in [1.165, 1.54) is 12.1 Å². The topological polar surface area (TPSA) is 50.9 Å². The molecule has 4 aromatic rings. The first-order valence-electron chi connectivity index (χ1n) is 9.56. The molecule has 1 N–H and O–H groups in total. The van der Waals surface area contributed by atoms with Gasteiger partial charge in [0.1, 0.15) is 11.5 Å². The lowest BCUT2D eigenvalue weighted by molar-refractivity contribution is 0.173. The highest BCUT2D eigenvalue weighted by atomic mass is 19.1. The number of aromatic nitrogens is 3. The Hall–Kier alpha value is -3.31. The number of pyridine rings is 1. The Kier molecular flexibility index (Phi) is 5.49. The number of hydrogen-bond acceptors (Lipinski definition) is 3. The van der Waals surface area contributed by atoms with E-state index in [9.17, 15) is 9.50 Å². The molecule has 0 saturated heterocycles. The zero-order chi connectivity index (χ0) is 20.2. The van der Waals surface area contributed by atoms with Gasteiger partial charge in [-0.3, -0.25) is 9.67 Å². The summed E-state index contributed by atoms with van der Waals surface area (Å²) >= 11 is 0. The van der Waals surface area contributed by atoms with Crippen LogP contribution in [0, 0.1) is 5.82 Å². The summed E-state index contributed by atoms with van der Waals surface area (Å²) in [6.07, 6.45) is 3.95. The third kappa shape index (κ3) is 4.25. The molecule has 1 atom stereocenters. The number of hydrogen-bond donors (Lipinski definition) is 1. The van der Waals surface area contributed by atoms with Gasteiger partial charge in [0.25, 0.3) is 0 Å². The van der Waals surface area contributed by atoms with E-state index < -0.39 is 6.10 Å². The van der Waals surface area contributed by atoms with E-state index in [4.69, 9.17) is 5.10 Å². The van der Waals surface area contributed by atoms with E-state index in [-0.39, 0.29) is 5.82 Å². The maximum atomic E-state index is 13.4. The van der Waals surface area contributed by atoms with Crippen LogP contribution in [0.3, 0.4) is 0 Å². The summed E-state index contributed by atoms with van der Waals surface area (Å²) in [5, 5.41) is 15.5. The standard InChI is InChI=1S/C24H22FN3O/c1-28-22(16-21(29)15-17-5-3-2-4-6-17)23(18-11-13-26-14-12-18)24(27-28)19-7-9-20(25)10-8-19/h2-14,21,29H,15-16H2,1H3. The normalized spacial score (nSPS) is 12.1. The van der Waals surface area contributed by atoms with Crippen molar-refractivity contribution in [2.24, 2.45) is 7.05 Å². The van der Waals surface area contributed by atoms with Crippen LogP contribution >= 0.6 is 0 Å². The molecule has 2 aromatic heterocycles. The maximum absolute atomic E-state index is 13.4. The lowest BCUT2D eigenvalue weighted by Gasteiger charge is -2.13. The first kappa shape index (κ1) is 19.0. The van der Waals surface area contributed by atoms with Crippen LogP contribution in [0.1, 0.15) is 11.3 Å². The van der Waals surface area contributed by atoms with Crippen molar-refractivity contribution >= 4 is 0 Å². The summed E-state index contributed by atoms with van der Waals surface area (Å²) in [5.74, 6) is -0.284. The molecule has 4 rings (SSSR count). The largest absolute Gasteiger partial charge is 0.392 e. The number of benzene rings is 2. The lowest BCUT2D eigenvalue weighted by atomic mass is 9.96. The Morgan fingerprint density at radius 3 is 2.28 bits per heavy atom. The van der Waals surface area contributed by atoms with Gasteiger partial charge in [0, 0.05) is 42.7 Å². The second kappa shape index (κ2) is 8.37. The lowest BCUT2D eigenvalue weighted by Crippen LogP contribution is -2.16. The Labute approximate surface area is 169 Å². The zero-order valence-electron chi connectivity index (χ0n) is 16.2. The minimum absolute atomic E-state index is 0.284. The first-order chi connectivity index (χ1) is 14.1. The van der Waals surface area contributed by atoms with Gasteiger partial charge < -0.3 is 5.11 Å². The average molecular weight is 387 g/mol. The molecule has 29 heavy (non-hydrogen) atoms. The SMILES string of the molecule is Cn1nc(-c2ccc(F)cc2)c(-c2ccncc2)c1CC(O)Cc1ccccc1. The molecule has 0 aliphatic carbocycles. The summed E-state index contributed by atoms with van der Waals surface area (Å²) in [7, 11) is 1.88. The summed E-state index contributed by atoms with van der Waals surface area (Å²) in [5.41, 5.74) is 5.52. The van der Waals surface area contributed by atoms with Gasteiger partial charge in [-0.2, -0.15) is 5.10 Å². The molecule has 0 fully saturated rings. The van der Waals surface area contributed by atoms with Crippen LogP contribution in [-0.4, -0.2) is 26.0 Å². The Balaban J connectivity index is 1.74. The van der Waals surface area contributed by atoms with Crippen LogP contribution < -0.4 is 0 Å². The van der Waals surface area contributed by atoms with Crippen LogP contribution in [-0.2, 0) is 19.9 Å². The fourth-order valence-corrected chi connectivity index (χ4v) is 3.61. The van der Waals surface area contributed by atoms with Crippen molar-refractivity contribution in [2.75, 3.05) is 0 Å². The monoisotopic (exact) mass is 387 g/mol. The van der Waals surface area contributed by atoms with Crippen LogP contribution in [0.25, 0.3) is 22.4 Å². The second-order valence-electron chi connectivity index (χ2n) is 7.08. The molecule has 0 saturated carbocycles. The van der Waals surface area contributed by atoms with Gasteiger partial charge in [0.05, 0.1) is 6.10 Å². The summed E-state index contributed by atoms with van der Waals surface area (Å²) in [4.78, 5) is 4.11. The molecular formula is C24H22FN3O. The fraction of sp³-hybridized carbons (Fsp3) is 0.167. The van der Waals surface area contributed by atoms with Crippen LogP contribution in [0.15, 0.2) is 79.1 Å². The van der Waals surface area contributed by atoms with E-state index in [0.29, 0.717) is 12.8 Å². The predicted molar refractivity (Wildman–Crippen MR) is 112 cm³/mol. The number of aryl methyl sites for hydroxylation is 1. The highest BCUT2D eigenvalue weighted by molar-refractivity contribution is 5.82. The molecule has 1 unspecified atom stereocenters. The third-order valence-electron chi connectivity index (χ3n) is 5.00. The van der Waals surface area contributed by atoms with Crippen molar-refractivity contribution in [2.45, 2.75) is 18.9 Å². The molecule has 5 heteroatoms. The van der Waals surface area contributed by atoms with Gasteiger partial charge in [-0.15, -0.1) is 0 Å². The molecule has 4 nitrogen and oxygen atoms in total. The molecule has 0 spiro atoms. The molecule has 2 heterocycles. The van der Waals surface area contributed by atoms with Gasteiger partial charge in [-0.1, -0.05) is 30.3 Å². The minimum atomic E-state index is -0.547. The van der Waals surface area contributed by atoms with E-state index in [1.807, 2.05) is 54.2 Å². The van der Waals surface area contributed by atoms with E-state index in [2.05, 4.69) is 4.98 Å². The summed E-state index contributed by atoms with van der Waals surface area (Å²) in [6, 6.07) is 20.1. The third-order valence-corrected chi connectivity index (χ3v) is 5.00. The maximum Gasteiger partial charge on any atom is 0.123 e. The fourth-order valence-electron chi connectivity index (χ4n) is 3.61. The van der Waals surface area contributed by atoms with Crippen LogP contribution in [0.2, 0.25) is 0 Å². The summed E-state index contributed by atoms with van der Waals surface area (Å²) in [6.45, 7) is 0. The van der Waals surface area contributed by atoms with Crippen molar-refractivity contribution in [1.82, 2.24) is 14.8 Å². The first-order valence-corrected chi connectivity index (χ1v) is 9.56. The summed E-state index contributed by atoms with van der Waals surface area (Å²) < 4.78 is 15.2. The molecule has 0 aliphatic rings. The van der Waals surface area contributed by atoms with Gasteiger partial charge >= 0.3 is 0 Å². The Bertz CT molecular complexity index is 1080. The highest BCUT2D eigenvalue weighted by Crippen LogP contribution is 2.35. The van der Waals surface area contributed by atoms with Gasteiger partial charge in [0.2, 0.25) is 0 Å². The van der Waals surface area contributed by atoms with Crippen LogP contribution in [0.5, 0.6) is 0 Å². The van der Waals surface area contributed by atoms with Crippen molar-refractivity contribution in [3.63, 3.8) is 0 Å². The average Bonchev–Trinajstić information content (AvgIpc) is 3.06. The molecule has 0 bridgehead atoms. The number of aliphatic hydroxyl groups is 1. The molecule has 0 radical (unpaired) electrons. The van der Waals surface area contributed by atoms with Crippen molar-refractivity contribution in [3.8, 4) is 22.4 Å². The molecule has 0 amide bonds. The highest BCUT2D eigenvalue weighted by Gasteiger charge is 2.21. The van der Waals surface area contributed by atoms with Gasteiger partial charge in [0.15, 0.2) is 0 Å². The van der Waals surface area contributed by atoms with Gasteiger partial charge in [-0.25, -0.2) is 4.39 Å². The number of halogens is 1. The van der Waals surface area contributed by atoms with Crippen molar-refractivity contribution in [3.05, 3.63) is 96.2 Å². The zero-order valence-corrected chi connectivity index (χ0v) is 16.2. The predicted octanol–water partition coefficient (Wildman–Crippen LogP) is 4.43. The van der Waals surface area contributed by atoms with Crippen molar-refractivity contribution < 1.29 is 9.50 Å². The van der Waals surface area contributed by atoms with Crippen LogP contribution in [0.4, 0.5) is 4.39 Å². The molecule has 146 valence electrons.